The number of alkyl halides is 2. The largest absolute Gasteiger partial charge is 0.459 e. The highest BCUT2D eigenvalue weighted by atomic mass is 19.3. The van der Waals surface area contributed by atoms with Gasteiger partial charge in [0, 0.05) is 66.5 Å². The third-order valence-corrected chi connectivity index (χ3v) is 7.81. The minimum absolute atomic E-state index is 0.00950. The van der Waals surface area contributed by atoms with Crippen LogP contribution in [0.2, 0.25) is 0 Å². The Labute approximate surface area is 261 Å². The summed E-state index contributed by atoms with van der Waals surface area (Å²) in [5.74, 6) is -3.51. The second-order valence-electron chi connectivity index (χ2n) is 11.1. The quantitative estimate of drug-likeness (QED) is 0.133. The molecule has 5 aromatic rings. The third kappa shape index (κ3) is 6.93. The molecule has 1 amide bonds. The number of fused-ring (bicyclic) bond motifs is 1. The minimum atomic E-state index is -2.78. The zero-order chi connectivity index (χ0) is 32.4. The lowest BCUT2D eigenvalue weighted by Gasteiger charge is -2.34. The molecule has 1 aliphatic rings. The topological polar surface area (TPSA) is 118 Å². The lowest BCUT2D eigenvalue weighted by Crippen LogP contribution is -2.41. The Balaban J connectivity index is 1.27. The van der Waals surface area contributed by atoms with Gasteiger partial charge < -0.3 is 20.6 Å². The molecule has 8 nitrogen and oxygen atoms in total. The normalized spacial score (nSPS) is 15.8. The van der Waals surface area contributed by atoms with Crippen molar-refractivity contribution in [1.82, 2.24) is 20.2 Å². The summed E-state index contributed by atoms with van der Waals surface area (Å²) >= 11 is 0. The zero-order valence-corrected chi connectivity index (χ0v) is 24.4. The number of nitrogens with two attached hydrogens (primary N) is 1. The number of nitrogens with zero attached hydrogens (tertiary/aromatic N) is 3. The van der Waals surface area contributed by atoms with Crippen LogP contribution < -0.4 is 11.1 Å². The van der Waals surface area contributed by atoms with Gasteiger partial charge in [-0.3, -0.25) is 14.7 Å². The predicted molar refractivity (Wildman–Crippen MR) is 165 cm³/mol. The van der Waals surface area contributed by atoms with Gasteiger partial charge in [-0.05, 0) is 65.7 Å². The molecule has 1 aliphatic heterocycles. The summed E-state index contributed by atoms with van der Waals surface area (Å²) in [5, 5.41) is 14.1. The maximum absolute atomic E-state index is 15.6. The monoisotopic (exact) mass is 631 g/mol. The molecular weight excluding hydrogens is 602 g/mol. The second-order valence-corrected chi connectivity index (χ2v) is 11.1. The highest BCUT2D eigenvalue weighted by Crippen LogP contribution is 2.37. The number of amides is 1. The van der Waals surface area contributed by atoms with Gasteiger partial charge in [0.2, 0.25) is 5.91 Å². The number of anilines is 1. The van der Waals surface area contributed by atoms with Crippen molar-refractivity contribution in [3.05, 3.63) is 108 Å². The number of carbonyl (C=O) groups is 1. The van der Waals surface area contributed by atoms with Crippen molar-refractivity contribution in [2.24, 2.45) is 0 Å². The molecule has 1 fully saturated rings. The van der Waals surface area contributed by atoms with Crippen LogP contribution in [-0.4, -0.2) is 44.9 Å². The number of aromatic nitrogens is 2. The zero-order valence-electron chi connectivity index (χ0n) is 24.4. The van der Waals surface area contributed by atoms with Crippen molar-refractivity contribution in [3.63, 3.8) is 0 Å². The van der Waals surface area contributed by atoms with E-state index < -0.39 is 36.6 Å². The van der Waals surface area contributed by atoms with Crippen LogP contribution in [-0.2, 0) is 11.3 Å². The van der Waals surface area contributed by atoms with Gasteiger partial charge in [0.15, 0.2) is 0 Å². The molecule has 0 spiro atoms. The molecule has 0 aliphatic carbocycles. The van der Waals surface area contributed by atoms with Gasteiger partial charge in [-0.15, -0.1) is 0 Å². The molecule has 0 saturated carbocycles. The predicted octanol–water partition coefficient (Wildman–Crippen LogP) is 6.47. The average molecular weight is 632 g/mol. The number of rotatable bonds is 8. The maximum Gasteiger partial charge on any atom is 0.250 e. The Bertz CT molecular complexity index is 1900. The Kier molecular flexibility index (Phi) is 8.57. The molecule has 1 unspecified atom stereocenters. The molecule has 4 N–H and O–H groups in total. The van der Waals surface area contributed by atoms with Crippen molar-refractivity contribution in [2.45, 2.75) is 31.5 Å². The standard InChI is InChI=1S/C34H29F4N5O3/c35-25-5-3-21(4-6-25)27-15-22(31-28(36)16-24(18-42-31)33(45)43-11-9-34(37,38)10-12-43)13-23-14-26(46-32(23)27)19-41-30(44)8-2-20-1-7-29(39)40-17-20/h1-8,13-18,33,45H,9-12,19H2,(H2,39,40)(H,41,44)/b8-2+. The van der Waals surface area contributed by atoms with Crippen molar-refractivity contribution in [2.75, 3.05) is 18.8 Å². The lowest BCUT2D eigenvalue weighted by atomic mass is 9.98. The molecule has 1 atom stereocenters. The van der Waals surface area contributed by atoms with E-state index in [9.17, 15) is 23.1 Å². The van der Waals surface area contributed by atoms with Crippen LogP contribution in [0.5, 0.6) is 0 Å². The van der Waals surface area contributed by atoms with Crippen LogP contribution >= 0.6 is 0 Å². The smallest absolute Gasteiger partial charge is 0.250 e. The van der Waals surface area contributed by atoms with E-state index in [1.54, 1.807) is 54.7 Å². The van der Waals surface area contributed by atoms with Gasteiger partial charge in [-0.2, -0.15) is 0 Å². The molecule has 6 rings (SSSR count). The van der Waals surface area contributed by atoms with Crippen molar-refractivity contribution >= 4 is 28.8 Å². The number of aliphatic hydroxyl groups excluding tert-OH is 1. The van der Waals surface area contributed by atoms with E-state index in [2.05, 4.69) is 15.3 Å². The summed E-state index contributed by atoms with van der Waals surface area (Å²) in [6, 6.07) is 15.3. The number of pyridine rings is 2. The number of likely N-dealkylation sites (tertiary alicyclic amines) is 1. The fourth-order valence-corrected chi connectivity index (χ4v) is 5.31. The van der Waals surface area contributed by atoms with Crippen molar-refractivity contribution in [3.8, 4) is 22.4 Å². The number of nitrogen functional groups attached to an aromatic ring is 1. The second kappa shape index (κ2) is 12.7. The van der Waals surface area contributed by atoms with E-state index in [-0.39, 0.29) is 36.8 Å². The van der Waals surface area contributed by atoms with Gasteiger partial charge in [-0.25, -0.2) is 22.5 Å². The molecule has 2 aromatic carbocycles. The first-order valence-corrected chi connectivity index (χ1v) is 14.5. The van der Waals surface area contributed by atoms with Crippen LogP contribution in [0.3, 0.4) is 0 Å². The number of hydrogen-bond donors (Lipinski definition) is 3. The number of furan rings is 1. The van der Waals surface area contributed by atoms with Gasteiger partial charge >= 0.3 is 0 Å². The van der Waals surface area contributed by atoms with Gasteiger partial charge in [0.05, 0.1) is 6.54 Å². The van der Waals surface area contributed by atoms with E-state index in [4.69, 9.17) is 10.2 Å². The van der Waals surface area contributed by atoms with E-state index in [0.29, 0.717) is 44.8 Å². The summed E-state index contributed by atoms with van der Waals surface area (Å²) in [6.07, 6.45) is 3.75. The maximum atomic E-state index is 15.6. The molecule has 0 bridgehead atoms. The Morgan fingerprint density at radius 3 is 2.48 bits per heavy atom. The molecule has 4 heterocycles. The lowest BCUT2D eigenvalue weighted by molar-refractivity contribution is -0.116. The molecule has 1 saturated heterocycles. The van der Waals surface area contributed by atoms with E-state index in [0.717, 1.165) is 6.07 Å². The van der Waals surface area contributed by atoms with Crippen LogP contribution in [0.25, 0.3) is 39.4 Å². The summed E-state index contributed by atoms with van der Waals surface area (Å²) in [7, 11) is 0. The molecule has 12 heteroatoms. The molecule has 0 radical (unpaired) electrons. The van der Waals surface area contributed by atoms with E-state index >= 15 is 4.39 Å². The summed E-state index contributed by atoms with van der Waals surface area (Å²) in [5.41, 5.74) is 8.40. The van der Waals surface area contributed by atoms with Gasteiger partial charge in [-0.1, -0.05) is 12.1 Å². The molecule has 3 aromatic heterocycles. The van der Waals surface area contributed by atoms with Crippen LogP contribution in [0, 0.1) is 11.6 Å². The highest BCUT2D eigenvalue weighted by Gasteiger charge is 2.36. The van der Waals surface area contributed by atoms with Crippen LogP contribution in [0.4, 0.5) is 23.4 Å². The van der Waals surface area contributed by atoms with Crippen molar-refractivity contribution < 1.29 is 31.9 Å². The fraction of sp³-hybridized carbons (Fsp3) is 0.206. The molecular formula is C34H29F4N5O3. The number of halogens is 4. The first-order chi connectivity index (χ1) is 22.0. The van der Waals surface area contributed by atoms with Crippen molar-refractivity contribution in [1.29, 1.82) is 0 Å². The summed E-state index contributed by atoms with van der Waals surface area (Å²) < 4.78 is 62.6. The number of hydrogen-bond acceptors (Lipinski definition) is 7. The first kappa shape index (κ1) is 30.9. The number of benzene rings is 2. The van der Waals surface area contributed by atoms with E-state index in [1.807, 2.05) is 0 Å². The van der Waals surface area contributed by atoms with Gasteiger partial charge in [0.25, 0.3) is 5.92 Å². The Hall–Kier alpha value is -5.07. The minimum Gasteiger partial charge on any atom is -0.459 e. The number of carbonyl (C=O) groups excluding carboxylic acids is 1. The third-order valence-electron chi connectivity index (χ3n) is 7.81. The van der Waals surface area contributed by atoms with E-state index in [1.165, 1.54) is 29.3 Å². The average Bonchev–Trinajstić information content (AvgIpc) is 3.46. The fourth-order valence-electron chi connectivity index (χ4n) is 5.31. The first-order valence-electron chi connectivity index (χ1n) is 14.5. The Morgan fingerprint density at radius 1 is 1.02 bits per heavy atom. The molecule has 236 valence electrons. The number of piperidine rings is 1. The number of nitrogens with one attached hydrogen (secondary N) is 1. The Morgan fingerprint density at radius 2 is 1.78 bits per heavy atom. The summed E-state index contributed by atoms with van der Waals surface area (Å²) in [6.45, 7) is -0.0125. The van der Waals surface area contributed by atoms with Crippen LogP contribution in [0.1, 0.15) is 36.0 Å². The SMILES string of the molecule is Nc1ccc(/C=C/C(=O)NCc2cc3cc(-c4ncc(C(O)N5CCC(F)(F)CC5)cc4F)cc(-c4ccc(F)cc4)c3o2)cn1. The van der Waals surface area contributed by atoms with Gasteiger partial charge in [0.1, 0.15) is 40.7 Å². The van der Waals surface area contributed by atoms with Crippen LogP contribution in [0.15, 0.2) is 83.6 Å². The molecule has 46 heavy (non-hydrogen) atoms. The summed E-state index contributed by atoms with van der Waals surface area (Å²) in [4.78, 5) is 22.2. The highest BCUT2D eigenvalue weighted by molar-refractivity contribution is 5.97. The number of aliphatic hydroxyl groups is 1.